The normalized spacial score (nSPS) is 11.2. The number of ether oxygens (including phenoxy) is 1. The Morgan fingerprint density at radius 2 is 1.88 bits per heavy atom. The van der Waals surface area contributed by atoms with Crippen LogP contribution in [0.25, 0.3) is 0 Å². The van der Waals surface area contributed by atoms with Gasteiger partial charge in [-0.1, -0.05) is 0 Å². The number of benzene rings is 1. The van der Waals surface area contributed by atoms with Gasteiger partial charge in [0, 0.05) is 5.69 Å². The first-order valence-corrected chi connectivity index (χ1v) is 5.06. The molecular formula is C12H16FNO2. The monoisotopic (exact) mass is 225 g/mol. The Labute approximate surface area is 94.6 Å². The predicted molar refractivity (Wildman–Crippen MR) is 60.7 cm³/mol. The van der Waals surface area contributed by atoms with Crippen molar-refractivity contribution in [3.8, 4) is 0 Å². The summed E-state index contributed by atoms with van der Waals surface area (Å²) < 4.78 is 17.9. The Kier molecular flexibility index (Phi) is 4.01. The van der Waals surface area contributed by atoms with Crippen LogP contribution in [0.3, 0.4) is 0 Å². The fraction of sp³-hybridized carbons (Fsp3) is 0.417. The molecule has 4 heteroatoms. The Balaban J connectivity index is 2.43. The van der Waals surface area contributed by atoms with E-state index in [0.29, 0.717) is 5.69 Å². The third-order valence-corrected chi connectivity index (χ3v) is 1.76. The van der Waals surface area contributed by atoms with Crippen molar-refractivity contribution in [2.45, 2.75) is 26.4 Å². The molecule has 0 spiro atoms. The zero-order valence-electron chi connectivity index (χ0n) is 9.71. The molecule has 1 rings (SSSR count). The van der Waals surface area contributed by atoms with E-state index in [4.69, 9.17) is 4.74 Å². The van der Waals surface area contributed by atoms with E-state index < -0.39 is 0 Å². The Morgan fingerprint density at radius 3 is 2.38 bits per heavy atom. The number of hydrogen-bond acceptors (Lipinski definition) is 2. The summed E-state index contributed by atoms with van der Waals surface area (Å²) in [5.41, 5.74) is 0.212. The maximum atomic E-state index is 12.6. The molecule has 1 aromatic carbocycles. The minimum Gasteiger partial charge on any atom is -0.366 e. The molecule has 0 aromatic heterocycles. The second kappa shape index (κ2) is 5.07. The molecule has 88 valence electrons. The van der Waals surface area contributed by atoms with Gasteiger partial charge < -0.3 is 10.1 Å². The van der Waals surface area contributed by atoms with Crippen molar-refractivity contribution < 1.29 is 13.9 Å². The van der Waals surface area contributed by atoms with Crippen molar-refractivity contribution >= 4 is 11.6 Å². The zero-order valence-corrected chi connectivity index (χ0v) is 9.71. The molecule has 0 atom stereocenters. The summed E-state index contributed by atoms with van der Waals surface area (Å²) in [7, 11) is 0. The number of carbonyl (C=O) groups excluding carboxylic acids is 1. The van der Waals surface area contributed by atoms with Gasteiger partial charge in [0.25, 0.3) is 0 Å². The molecule has 0 aliphatic heterocycles. The van der Waals surface area contributed by atoms with Crippen molar-refractivity contribution in [1.82, 2.24) is 0 Å². The molecule has 0 heterocycles. The highest BCUT2D eigenvalue weighted by Crippen LogP contribution is 2.09. The molecule has 0 fully saturated rings. The smallest absolute Gasteiger partial charge is 0.250 e. The van der Waals surface area contributed by atoms with Gasteiger partial charge in [0.2, 0.25) is 5.91 Å². The van der Waals surface area contributed by atoms with Crippen LogP contribution in [0.1, 0.15) is 20.8 Å². The summed E-state index contributed by atoms with van der Waals surface area (Å²) in [5.74, 6) is -0.578. The van der Waals surface area contributed by atoms with Crippen LogP contribution in [-0.4, -0.2) is 18.1 Å². The van der Waals surface area contributed by atoms with E-state index in [0.717, 1.165) is 0 Å². The summed E-state index contributed by atoms with van der Waals surface area (Å²) in [4.78, 5) is 11.4. The number of halogens is 1. The van der Waals surface area contributed by atoms with Gasteiger partial charge in [-0.25, -0.2) is 4.39 Å². The van der Waals surface area contributed by atoms with Gasteiger partial charge in [0.15, 0.2) is 0 Å². The first kappa shape index (κ1) is 12.6. The molecule has 1 amide bonds. The molecule has 0 aliphatic rings. The van der Waals surface area contributed by atoms with Crippen LogP contribution in [0, 0.1) is 5.82 Å². The van der Waals surface area contributed by atoms with Gasteiger partial charge >= 0.3 is 0 Å². The van der Waals surface area contributed by atoms with Crippen molar-refractivity contribution in [2.75, 3.05) is 11.9 Å². The van der Waals surface area contributed by atoms with Crippen molar-refractivity contribution in [1.29, 1.82) is 0 Å². The predicted octanol–water partition coefficient (Wildman–Crippen LogP) is 2.58. The maximum absolute atomic E-state index is 12.6. The van der Waals surface area contributed by atoms with E-state index in [1.54, 1.807) is 0 Å². The minimum absolute atomic E-state index is 0.0130. The van der Waals surface area contributed by atoms with Crippen LogP contribution in [-0.2, 0) is 9.53 Å². The summed E-state index contributed by atoms with van der Waals surface area (Å²) in [6.45, 7) is 5.61. The molecule has 0 aliphatic carbocycles. The van der Waals surface area contributed by atoms with Crippen LogP contribution >= 0.6 is 0 Å². The van der Waals surface area contributed by atoms with E-state index in [-0.39, 0.29) is 23.9 Å². The van der Waals surface area contributed by atoms with Crippen molar-refractivity contribution in [3.05, 3.63) is 30.1 Å². The third kappa shape index (κ3) is 4.89. The average Bonchev–Trinajstić information content (AvgIpc) is 2.18. The Hall–Kier alpha value is -1.42. The number of rotatable bonds is 3. The molecule has 0 radical (unpaired) electrons. The summed E-state index contributed by atoms with van der Waals surface area (Å²) in [6, 6.07) is 5.59. The lowest BCUT2D eigenvalue weighted by atomic mass is 10.2. The summed E-state index contributed by atoms with van der Waals surface area (Å²) >= 11 is 0. The Morgan fingerprint density at radius 1 is 1.31 bits per heavy atom. The standard InChI is InChI=1S/C12H16FNO2/c1-12(2,3)16-8-11(15)14-10-6-4-9(13)5-7-10/h4-7H,8H2,1-3H3,(H,14,15). The van der Waals surface area contributed by atoms with E-state index >= 15 is 0 Å². The number of nitrogens with one attached hydrogen (secondary N) is 1. The van der Waals surface area contributed by atoms with Crippen LogP contribution in [0.2, 0.25) is 0 Å². The second-order valence-corrected chi connectivity index (χ2v) is 4.46. The molecule has 0 saturated carbocycles. The minimum atomic E-state index is -0.347. The SMILES string of the molecule is CC(C)(C)OCC(=O)Nc1ccc(F)cc1. The first-order valence-electron chi connectivity index (χ1n) is 5.06. The molecule has 3 nitrogen and oxygen atoms in total. The summed E-state index contributed by atoms with van der Waals surface area (Å²) in [5, 5.41) is 2.61. The number of anilines is 1. The fourth-order valence-corrected chi connectivity index (χ4v) is 1.01. The van der Waals surface area contributed by atoms with Gasteiger partial charge in [-0.15, -0.1) is 0 Å². The van der Waals surface area contributed by atoms with Gasteiger partial charge in [0.1, 0.15) is 12.4 Å². The van der Waals surface area contributed by atoms with Crippen molar-refractivity contribution in [3.63, 3.8) is 0 Å². The van der Waals surface area contributed by atoms with Gasteiger partial charge in [-0.3, -0.25) is 4.79 Å². The number of hydrogen-bond donors (Lipinski definition) is 1. The lowest BCUT2D eigenvalue weighted by molar-refractivity contribution is -0.125. The maximum Gasteiger partial charge on any atom is 0.250 e. The third-order valence-electron chi connectivity index (χ3n) is 1.76. The van der Waals surface area contributed by atoms with E-state index in [2.05, 4.69) is 5.32 Å². The number of carbonyl (C=O) groups is 1. The topological polar surface area (TPSA) is 38.3 Å². The molecule has 1 aromatic rings. The van der Waals surface area contributed by atoms with Crippen molar-refractivity contribution in [2.24, 2.45) is 0 Å². The lowest BCUT2D eigenvalue weighted by Crippen LogP contribution is -2.27. The van der Waals surface area contributed by atoms with E-state index in [1.807, 2.05) is 20.8 Å². The first-order chi connectivity index (χ1) is 7.37. The Bertz CT molecular complexity index is 354. The highest BCUT2D eigenvalue weighted by atomic mass is 19.1. The van der Waals surface area contributed by atoms with Gasteiger partial charge in [0.05, 0.1) is 5.60 Å². The molecule has 0 bridgehead atoms. The molecule has 0 saturated heterocycles. The van der Waals surface area contributed by atoms with E-state index in [9.17, 15) is 9.18 Å². The molecular weight excluding hydrogens is 209 g/mol. The molecule has 0 unspecified atom stereocenters. The van der Waals surface area contributed by atoms with Crippen LogP contribution in [0.5, 0.6) is 0 Å². The van der Waals surface area contributed by atoms with Crippen LogP contribution in [0.4, 0.5) is 10.1 Å². The lowest BCUT2D eigenvalue weighted by Gasteiger charge is -2.18. The highest BCUT2D eigenvalue weighted by molar-refractivity contribution is 5.91. The molecule has 16 heavy (non-hydrogen) atoms. The van der Waals surface area contributed by atoms with Gasteiger partial charge in [-0.2, -0.15) is 0 Å². The number of amides is 1. The highest BCUT2D eigenvalue weighted by Gasteiger charge is 2.12. The molecule has 1 N–H and O–H groups in total. The fourth-order valence-electron chi connectivity index (χ4n) is 1.01. The summed E-state index contributed by atoms with van der Waals surface area (Å²) in [6.07, 6.45) is 0. The van der Waals surface area contributed by atoms with E-state index in [1.165, 1.54) is 24.3 Å². The van der Waals surface area contributed by atoms with Gasteiger partial charge in [-0.05, 0) is 45.0 Å². The quantitative estimate of drug-likeness (QED) is 0.858. The second-order valence-electron chi connectivity index (χ2n) is 4.46. The largest absolute Gasteiger partial charge is 0.366 e. The van der Waals surface area contributed by atoms with Crippen LogP contribution in [0.15, 0.2) is 24.3 Å². The zero-order chi connectivity index (χ0) is 12.2. The average molecular weight is 225 g/mol. The van der Waals surface area contributed by atoms with Crippen LogP contribution < -0.4 is 5.32 Å².